The zero-order valence-electron chi connectivity index (χ0n) is 12.4. The molecule has 0 aromatic heterocycles. The topological polar surface area (TPSA) is 58.2 Å². The zero-order chi connectivity index (χ0) is 15.1. The minimum atomic E-state index is -0.162. The van der Waals surface area contributed by atoms with Gasteiger partial charge in [-0.3, -0.25) is 9.59 Å². The Bertz CT molecular complexity index is 487. The minimum Gasteiger partial charge on any atom is -0.352 e. The Kier molecular flexibility index (Phi) is 6.58. The average molecular weight is 294 g/mol. The molecule has 1 aromatic rings. The molecular formula is C15H22N2O2S. The molecule has 0 unspecified atom stereocenters. The highest BCUT2D eigenvalue weighted by Gasteiger charge is 2.08. The molecule has 0 saturated carbocycles. The monoisotopic (exact) mass is 294 g/mol. The van der Waals surface area contributed by atoms with Crippen LogP contribution >= 0.6 is 11.8 Å². The van der Waals surface area contributed by atoms with Crippen LogP contribution in [0.5, 0.6) is 0 Å². The lowest BCUT2D eigenvalue weighted by atomic mass is 10.2. The van der Waals surface area contributed by atoms with Crippen molar-refractivity contribution in [2.75, 3.05) is 12.3 Å². The fourth-order valence-electron chi connectivity index (χ4n) is 1.71. The molecule has 5 heteroatoms. The third kappa shape index (κ3) is 6.10. The summed E-state index contributed by atoms with van der Waals surface area (Å²) in [5.74, 6) is 0.0255. The molecule has 110 valence electrons. The number of aryl methyl sites for hydroxylation is 2. The smallest absolute Gasteiger partial charge is 0.239 e. The summed E-state index contributed by atoms with van der Waals surface area (Å²) in [5, 5.41) is 5.34. The summed E-state index contributed by atoms with van der Waals surface area (Å²) in [4.78, 5) is 24.2. The predicted molar refractivity (Wildman–Crippen MR) is 82.9 cm³/mol. The first-order chi connectivity index (χ1) is 9.38. The summed E-state index contributed by atoms with van der Waals surface area (Å²) in [7, 11) is 0. The molecule has 0 aliphatic rings. The van der Waals surface area contributed by atoms with Crippen molar-refractivity contribution in [2.24, 2.45) is 0 Å². The Morgan fingerprint density at radius 3 is 2.50 bits per heavy atom. The number of carbonyl (C=O) groups is 2. The van der Waals surface area contributed by atoms with Gasteiger partial charge in [0.25, 0.3) is 0 Å². The number of thioether (sulfide) groups is 1. The highest BCUT2D eigenvalue weighted by atomic mass is 32.2. The lowest BCUT2D eigenvalue weighted by Gasteiger charge is -2.10. The second-order valence-corrected chi connectivity index (χ2v) is 6.07. The third-order valence-electron chi connectivity index (χ3n) is 2.58. The van der Waals surface area contributed by atoms with Gasteiger partial charge in [0.1, 0.15) is 0 Å². The second kappa shape index (κ2) is 7.94. The first-order valence-electron chi connectivity index (χ1n) is 6.64. The molecule has 0 spiro atoms. The van der Waals surface area contributed by atoms with Crippen molar-refractivity contribution in [3.05, 3.63) is 29.3 Å². The first kappa shape index (κ1) is 16.6. The fourth-order valence-corrected chi connectivity index (χ4v) is 2.55. The Labute approximate surface area is 124 Å². The number of rotatable bonds is 6. The first-order valence-corrected chi connectivity index (χ1v) is 7.63. The van der Waals surface area contributed by atoms with Gasteiger partial charge in [0.05, 0.1) is 12.3 Å². The molecule has 20 heavy (non-hydrogen) atoms. The van der Waals surface area contributed by atoms with Crippen LogP contribution < -0.4 is 10.6 Å². The number of nitrogens with one attached hydrogen (secondary N) is 2. The van der Waals surface area contributed by atoms with E-state index < -0.39 is 0 Å². The maximum absolute atomic E-state index is 11.7. The molecule has 0 aliphatic carbocycles. The van der Waals surface area contributed by atoms with E-state index >= 15 is 0 Å². The standard InChI is InChI=1S/C15H22N2O2S/c1-10(2)17-14(18)8-16-15(19)9-20-13-6-5-11(3)7-12(13)4/h5-7,10H,8-9H2,1-4H3,(H,16,19)(H,17,18). The van der Waals surface area contributed by atoms with Crippen molar-refractivity contribution < 1.29 is 9.59 Å². The van der Waals surface area contributed by atoms with Crippen molar-refractivity contribution in [1.82, 2.24) is 10.6 Å². The van der Waals surface area contributed by atoms with Crippen LogP contribution in [0.3, 0.4) is 0 Å². The van der Waals surface area contributed by atoms with Crippen molar-refractivity contribution >= 4 is 23.6 Å². The number of hydrogen-bond acceptors (Lipinski definition) is 3. The van der Waals surface area contributed by atoms with Crippen LogP contribution in [0.25, 0.3) is 0 Å². The third-order valence-corrected chi connectivity index (χ3v) is 3.76. The molecule has 0 fully saturated rings. The van der Waals surface area contributed by atoms with E-state index in [0.717, 1.165) is 4.90 Å². The largest absolute Gasteiger partial charge is 0.352 e. The van der Waals surface area contributed by atoms with E-state index in [9.17, 15) is 9.59 Å². The van der Waals surface area contributed by atoms with Gasteiger partial charge in [-0.1, -0.05) is 17.7 Å². The highest BCUT2D eigenvalue weighted by molar-refractivity contribution is 8.00. The summed E-state index contributed by atoms with van der Waals surface area (Å²) in [5.41, 5.74) is 2.38. The predicted octanol–water partition coefficient (Wildman–Crippen LogP) is 2.04. The van der Waals surface area contributed by atoms with Gasteiger partial charge in [-0.25, -0.2) is 0 Å². The number of hydrogen-bond donors (Lipinski definition) is 2. The average Bonchev–Trinajstić information content (AvgIpc) is 2.34. The van der Waals surface area contributed by atoms with Crippen molar-refractivity contribution in [1.29, 1.82) is 0 Å². The SMILES string of the molecule is Cc1ccc(SCC(=O)NCC(=O)NC(C)C)c(C)c1. The maximum atomic E-state index is 11.7. The van der Waals surface area contributed by atoms with E-state index in [1.807, 2.05) is 39.8 Å². The minimum absolute atomic E-state index is 0.0322. The van der Waals surface area contributed by atoms with Crippen LogP contribution in [0.4, 0.5) is 0 Å². The summed E-state index contributed by atoms with van der Waals surface area (Å²) >= 11 is 1.49. The van der Waals surface area contributed by atoms with E-state index in [1.165, 1.54) is 22.9 Å². The molecule has 0 saturated heterocycles. The summed E-state index contributed by atoms with van der Waals surface area (Å²) in [6.07, 6.45) is 0. The molecule has 0 radical (unpaired) electrons. The molecule has 0 atom stereocenters. The summed E-state index contributed by atoms with van der Waals surface area (Å²) in [6.45, 7) is 7.88. The Hall–Kier alpha value is -1.49. The van der Waals surface area contributed by atoms with Gasteiger partial charge in [-0.15, -0.1) is 11.8 Å². The second-order valence-electron chi connectivity index (χ2n) is 5.06. The van der Waals surface area contributed by atoms with Crippen LogP contribution in [-0.2, 0) is 9.59 Å². The van der Waals surface area contributed by atoms with Gasteiger partial charge >= 0.3 is 0 Å². The Morgan fingerprint density at radius 1 is 1.20 bits per heavy atom. The van der Waals surface area contributed by atoms with Crippen LogP contribution in [0, 0.1) is 13.8 Å². The van der Waals surface area contributed by atoms with Gasteiger partial charge in [-0.05, 0) is 39.3 Å². The molecule has 1 aromatic carbocycles. The molecule has 4 nitrogen and oxygen atoms in total. The molecule has 0 bridgehead atoms. The van der Waals surface area contributed by atoms with Crippen molar-refractivity contribution in [2.45, 2.75) is 38.6 Å². The molecule has 1 rings (SSSR count). The van der Waals surface area contributed by atoms with E-state index in [-0.39, 0.29) is 24.4 Å². The van der Waals surface area contributed by atoms with Crippen molar-refractivity contribution in [3.8, 4) is 0 Å². The van der Waals surface area contributed by atoms with Gasteiger partial charge in [-0.2, -0.15) is 0 Å². The van der Waals surface area contributed by atoms with Gasteiger partial charge in [0.2, 0.25) is 11.8 Å². The number of amides is 2. The molecule has 0 aliphatic heterocycles. The molecular weight excluding hydrogens is 272 g/mol. The van der Waals surface area contributed by atoms with E-state index in [0.29, 0.717) is 5.75 Å². The Balaban J connectivity index is 2.34. The Morgan fingerprint density at radius 2 is 1.90 bits per heavy atom. The van der Waals surface area contributed by atoms with E-state index in [2.05, 4.69) is 16.7 Å². The number of carbonyl (C=O) groups excluding carboxylic acids is 2. The molecule has 2 N–H and O–H groups in total. The molecule has 2 amide bonds. The van der Waals surface area contributed by atoms with Crippen LogP contribution in [0.2, 0.25) is 0 Å². The fraction of sp³-hybridized carbons (Fsp3) is 0.467. The van der Waals surface area contributed by atoms with Crippen LogP contribution in [-0.4, -0.2) is 30.2 Å². The highest BCUT2D eigenvalue weighted by Crippen LogP contribution is 2.22. The number of benzene rings is 1. The van der Waals surface area contributed by atoms with E-state index in [4.69, 9.17) is 0 Å². The van der Waals surface area contributed by atoms with Gasteiger partial charge < -0.3 is 10.6 Å². The summed E-state index contributed by atoms with van der Waals surface area (Å²) in [6, 6.07) is 6.23. The normalized spacial score (nSPS) is 10.4. The van der Waals surface area contributed by atoms with Gasteiger partial charge in [0.15, 0.2) is 0 Å². The zero-order valence-corrected chi connectivity index (χ0v) is 13.3. The lowest BCUT2D eigenvalue weighted by molar-refractivity contribution is -0.125. The quantitative estimate of drug-likeness (QED) is 0.789. The summed E-state index contributed by atoms with van der Waals surface area (Å²) < 4.78 is 0. The van der Waals surface area contributed by atoms with E-state index in [1.54, 1.807) is 0 Å². The molecule has 0 heterocycles. The lowest BCUT2D eigenvalue weighted by Crippen LogP contribution is -2.40. The van der Waals surface area contributed by atoms with Crippen molar-refractivity contribution in [3.63, 3.8) is 0 Å². The maximum Gasteiger partial charge on any atom is 0.239 e. The van der Waals surface area contributed by atoms with Crippen LogP contribution in [0.1, 0.15) is 25.0 Å². The van der Waals surface area contributed by atoms with Gasteiger partial charge in [0, 0.05) is 10.9 Å². The van der Waals surface area contributed by atoms with Crippen LogP contribution in [0.15, 0.2) is 23.1 Å².